The average molecular weight is 573 g/mol. The van der Waals surface area contributed by atoms with Gasteiger partial charge in [-0.1, -0.05) is 39.7 Å². The number of alkyl halides is 3. The number of halogens is 7. The molecule has 1 heterocycles. The Morgan fingerprint density at radius 3 is 2.49 bits per heavy atom. The maximum absolute atomic E-state index is 14.3. The van der Waals surface area contributed by atoms with Crippen LogP contribution in [0.1, 0.15) is 11.1 Å². The summed E-state index contributed by atoms with van der Waals surface area (Å²) in [4.78, 5) is 25.6. The summed E-state index contributed by atoms with van der Waals surface area (Å²) in [5, 5.41) is 1.91. The summed E-state index contributed by atoms with van der Waals surface area (Å²) < 4.78 is 73.5. The number of amides is 1. The lowest BCUT2D eigenvalue weighted by molar-refractivity contribution is -0.137. The Labute approximate surface area is 207 Å². The van der Waals surface area contributed by atoms with Crippen molar-refractivity contribution in [2.24, 2.45) is 0 Å². The van der Waals surface area contributed by atoms with Crippen LogP contribution in [0, 0.1) is 11.6 Å². The Morgan fingerprint density at radius 1 is 1.06 bits per heavy atom. The van der Waals surface area contributed by atoms with E-state index >= 15 is 0 Å². The van der Waals surface area contributed by atoms with Gasteiger partial charge in [-0.25, -0.2) is 13.6 Å². The number of nitrogens with one attached hydrogen (secondary N) is 1. The van der Waals surface area contributed by atoms with E-state index in [1.807, 2.05) is 0 Å². The van der Waals surface area contributed by atoms with E-state index in [2.05, 4.69) is 21.2 Å². The summed E-state index contributed by atoms with van der Waals surface area (Å²) in [6, 6.07) is 10.5. The van der Waals surface area contributed by atoms with Gasteiger partial charge in [0.25, 0.3) is 0 Å². The van der Waals surface area contributed by atoms with Crippen molar-refractivity contribution >= 4 is 50.1 Å². The minimum Gasteiger partial charge on any atom is -0.422 e. The molecule has 4 aromatic rings. The van der Waals surface area contributed by atoms with Crippen LogP contribution in [0.3, 0.4) is 0 Å². The number of benzene rings is 3. The number of fused-ring (bicyclic) bond motifs is 1. The van der Waals surface area contributed by atoms with Crippen molar-refractivity contribution in [1.29, 1.82) is 0 Å². The lowest BCUT2D eigenvalue weighted by atomic mass is 9.95. The molecule has 4 nitrogen and oxygen atoms in total. The van der Waals surface area contributed by atoms with Gasteiger partial charge < -0.3 is 9.73 Å². The topological polar surface area (TPSA) is 59.3 Å². The van der Waals surface area contributed by atoms with Gasteiger partial charge in [0, 0.05) is 21.5 Å². The Kier molecular flexibility index (Phi) is 6.70. The van der Waals surface area contributed by atoms with Crippen LogP contribution in [0.5, 0.6) is 0 Å². The van der Waals surface area contributed by atoms with Crippen LogP contribution < -0.4 is 10.9 Å². The Balaban J connectivity index is 1.84. The van der Waals surface area contributed by atoms with Gasteiger partial charge in [0.05, 0.1) is 28.3 Å². The molecule has 0 aliphatic heterocycles. The van der Waals surface area contributed by atoms with E-state index < -0.39 is 47.0 Å². The molecule has 35 heavy (non-hydrogen) atoms. The van der Waals surface area contributed by atoms with E-state index in [1.54, 1.807) is 24.3 Å². The lowest BCUT2D eigenvalue weighted by Gasteiger charge is -2.15. The highest BCUT2D eigenvalue weighted by Crippen LogP contribution is 2.37. The minimum atomic E-state index is -4.94. The van der Waals surface area contributed by atoms with Crippen LogP contribution >= 0.6 is 27.5 Å². The summed E-state index contributed by atoms with van der Waals surface area (Å²) in [5.74, 6) is -2.94. The molecular formula is C24H12BrClF5NO3. The number of hydrogen-bond acceptors (Lipinski definition) is 3. The Hall–Kier alpha value is -3.24. The van der Waals surface area contributed by atoms with Crippen LogP contribution in [-0.2, 0) is 17.4 Å². The third-order valence-electron chi connectivity index (χ3n) is 5.05. The molecule has 0 fully saturated rings. The first-order valence-electron chi connectivity index (χ1n) is 9.81. The predicted molar refractivity (Wildman–Crippen MR) is 124 cm³/mol. The fourth-order valence-electron chi connectivity index (χ4n) is 3.58. The van der Waals surface area contributed by atoms with Crippen molar-refractivity contribution in [3.8, 4) is 11.1 Å². The SMILES string of the molecule is O=C(Cc1c(-c2cccc(Br)c2)c2cc(F)c(Cl)cc2oc1=O)Nc1ccc(F)cc1C(F)(F)F. The number of rotatable bonds is 4. The molecule has 1 aromatic heterocycles. The molecule has 0 radical (unpaired) electrons. The van der Waals surface area contributed by atoms with Crippen molar-refractivity contribution in [3.05, 3.63) is 97.3 Å². The Bertz CT molecular complexity index is 1530. The molecule has 180 valence electrons. The normalized spacial score (nSPS) is 11.6. The number of carbonyl (C=O) groups is 1. The summed E-state index contributed by atoms with van der Waals surface area (Å²) in [6.45, 7) is 0. The first-order chi connectivity index (χ1) is 16.4. The number of carbonyl (C=O) groups excluding carboxylic acids is 1. The highest BCUT2D eigenvalue weighted by Gasteiger charge is 2.34. The molecule has 3 aromatic carbocycles. The van der Waals surface area contributed by atoms with E-state index in [9.17, 15) is 31.5 Å². The molecule has 0 atom stereocenters. The monoisotopic (exact) mass is 571 g/mol. The van der Waals surface area contributed by atoms with E-state index in [-0.39, 0.29) is 33.2 Å². The molecular weight excluding hydrogens is 561 g/mol. The van der Waals surface area contributed by atoms with Gasteiger partial charge in [-0.2, -0.15) is 13.2 Å². The van der Waals surface area contributed by atoms with E-state index in [0.717, 1.165) is 24.3 Å². The van der Waals surface area contributed by atoms with Crippen molar-refractivity contribution in [1.82, 2.24) is 0 Å². The second-order valence-electron chi connectivity index (χ2n) is 7.43. The first-order valence-corrected chi connectivity index (χ1v) is 11.0. The number of hydrogen-bond donors (Lipinski definition) is 1. The maximum Gasteiger partial charge on any atom is 0.418 e. The van der Waals surface area contributed by atoms with E-state index in [4.69, 9.17) is 16.0 Å². The summed E-state index contributed by atoms with van der Waals surface area (Å²) in [6.07, 6.45) is -5.65. The molecule has 0 saturated carbocycles. The van der Waals surface area contributed by atoms with Gasteiger partial charge in [-0.15, -0.1) is 0 Å². The first kappa shape index (κ1) is 24.9. The van der Waals surface area contributed by atoms with Gasteiger partial charge in [0.15, 0.2) is 0 Å². The molecule has 1 amide bonds. The summed E-state index contributed by atoms with van der Waals surface area (Å²) in [5.41, 5.74) is -2.72. The summed E-state index contributed by atoms with van der Waals surface area (Å²) in [7, 11) is 0. The highest BCUT2D eigenvalue weighted by molar-refractivity contribution is 9.10. The fourth-order valence-corrected chi connectivity index (χ4v) is 4.14. The average Bonchev–Trinajstić information content (AvgIpc) is 2.76. The molecule has 1 N–H and O–H groups in total. The van der Waals surface area contributed by atoms with Crippen LogP contribution in [0.4, 0.5) is 27.6 Å². The maximum atomic E-state index is 14.3. The van der Waals surface area contributed by atoms with E-state index in [0.29, 0.717) is 10.0 Å². The quantitative estimate of drug-likeness (QED) is 0.205. The van der Waals surface area contributed by atoms with Crippen molar-refractivity contribution in [2.75, 3.05) is 5.32 Å². The second kappa shape index (κ2) is 9.43. The van der Waals surface area contributed by atoms with Gasteiger partial charge in [0.1, 0.15) is 17.2 Å². The van der Waals surface area contributed by atoms with Gasteiger partial charge >= 0.3 is 11.8 Å². The van der Waals surface area contributed by atoms with Crippen molar-refractivity contribution in [3.63, 3.8) is 0 Å². The molecule has 0 bridgehead atoms. The standard InChI is InChI=1S/C24H12BrClF5NO3/c25-12-3-1-2-11(6-12)22-14-8-18(28)17(26)10-20(14)35-23(34)15(22)9-21(33)32-19-5-4-13(27)7-16(19)24(29,30)31/h1-8,10H,9H2,(H,32,33). The minimum absolute atomic E-state index is 0.0431. The molecule has 4 rings (SSSR count). The predicted octanol–water partition coefficient (Wildman–Crippen LogP) is 7.35. The zero-order valence-corrected chi connectivity index (χ0v) is 19.6. The molecule has 11 heteroatoms. The molecule has 0 aliphatic carbocycles. The molecule has 0 spiro atoms. The third-order valence-corrected chi connectivity index (χ3v) is 5.84. The van der Waals surface area contributed by atoms with Crippen LogP contribution in [0.2, 0.25) is 5.02 Å². The van der Waals surface area contributed by atoms with Crippen LogP contribution in [0.25, 0.3) is 22.1 Å². The second-order valence-corrected chi connectivity index (χ2v) is 8.75. The smallest absolute Gasteiger partial charge is 0.418 e. The molecule has 0 unspecified atom stereocenters. The summed E-state index contributed by atoms with van der Waals surface area (Å²) >= 11 is 9.12. The highest BCUT2D eigenvalue weighted by atomic mass is 79.9. The van der Waals surface area contributed by atoms with Crippen molar-refractivity contribution < 1.29 is 31.2 Å². The van der Waals surface area contributed by atoms with Gasteiger partial charge in [0.2, 0.25) is 5.91 Å². The largest absolute Gasteiger partial charge is 0.422 e. The van der Waals surface area contributed by atoms with Crippen LogP contribution in [0.15, 0.2) is 68.3 Å². The van der Waals surface area contributed by atoms with Crippen LogP contribution in [-0.4, -0.2) is 5.91 Å². The van der Waals surface area contributed by atoms with Crippen molar-refractivity contribution in [2.45, 2.75) is 12.6 Å². The lowest BCUT2D eigenvalue weighted by Crippen LogP contribution is -2.22. The zero-order chi connectivity index (χ0) is 25.5. The zero-order valence-electron chi connectivity index (χ0n) is 17.3. The molecule has 0 saturated heterocycles. The van der Waals surface area contributed by atoms with Gasteiger partial charge in [-0.3, -0.25) is 4.79 Å². The third kappa shape index (κ3) is 5.23. The molecule has 0 aliphatic rings. The fraction of sp³-hybridized carbons (Fsp3) is 0.0833. The van der Waals surface area contributed by atoms with Gasteiger partial charge in [-0.05, 0) is 42.0 Å². The Morgan fingerprint density at radius 2 is 1.80 bits per heavy atom. The van der Waals surface area contributed by atoms with E-state index in [1.165, 1.54) is 0 Å². The number of anilines is 1.